The monoisotopic (exact) mass is 443 g/mol. The van der Waals surface area contributed by atoms with Crippen LogP contribution in [0.25, 0.3) is 11.0 Å². The second kappa shape index (κ2) is 8.73. The molecule has 0 aliphatic carbocycles. The van der Waals surface area contributed by atoms with Crippen LogP contribution in [0.2, 0.25) is 10.0 Å². The highest BCUT2D eigenvalue weighted by Gasteiger charge is 2.10. The molecular formula is C22H19Cl2N3O3. The van der Waals surface area contributed by atoms with Crippen LogP contribution in [0.5, 0.6) is 11.5 Å². The maximum Gasteiger partial charge on any atom is 0.323 e. The van der Waals surface area contributed by atoms with Gasteiger partial charge in [0, 0.05) is 27.8 Å². The number of benzene rings is 3. The third kappa shape index (κ3) is 4.40. The first-order valence-electron chi connectivity index (χ1n) is 9.22. The number of methoxy groups -OCH3 is 1. The zero-order valence-corrected chi connectivity index (χ0v) is 17.6. The van der Waals surface area contributed by atoms with Crippen LogP contribution in [0, 0.1) is 0 Å². The zero-order valence-electron chi connectivity index (χ0n) is 16.1. The molecule has 4 rings (SSSR count). The molecule has 0 spiro atoms. The molecule has 0 saturated carbocycles. The van der Waals surface area contributed by atoms with E-state index in [0.717, 1.165) is 27.8 Å². The summed E-state index contributed by atoms with van der Waals surface area (Å²) in [5.41, 5.74) is 3.94. The molecule has 3 N–H and O–H groups in total. The summed E-state index contributed by atoms with van der Waals surface area (Å²) in [7, 11) is 1.60. The highest BCUT2D eigenvalue weighted by atomic mass is 35.5. The smallest absolute Gasteiger partial charge is 0.323 e. The SMILES string of the molecule is COc1cc(CNc2ccc3[nH]c(=O)[nH]c3c2)ccc1OCc1c(Cl)cccc1Cl. The van der Waals surface area contributed by atoms with E-state index >= 15 is 0 Å². The van der Waals surface area contributed by atoms with E-state index < -0.39 is 0 Å². The van der Waals surface area contributed by atoms with Gasteiger partial charge in [0.05, 0.1) is 18.1 Å². The highest BCUT2D eigenvalue weighted by Crippen LogP contribution is 2.31. The molecule has 8 heteroatoms. The third-order valence-electron chi connectivity index (χ3n) is 4.67. The molecule has 154 valence electrons. The molecule has 6 nitrogen and oxygen atoms in total. The standard InChI is InChI=1S/C22H19Cl2N3O3/c1-29-21-9-13(11-25-14-6-7-18-19(10-14)27-22(28)26-18)5-8-20(21)30-12-15-16(23)3-2-4-17(15)24/h2-10,25H,11-12H2,1H3,(H2,26,27,28). The normalized spacial score (nSPS) is 10.9. The van der Waals surface area contributed by atoms with Crippen molar-refractivity contribution in [2.24, 2.45) is 0 Å². The van der Waals surface area contributed by atoms with Crippen molar-refractivity contribution in [2.75, 3.05) is 12.4 Å². The minimum absolute atomic E-state index is 0.222. The molecule has 1 heterocycles. The van der Waals surface area contributed by atoms with Crippen LogP contribution in [0.15, 0.2) is 59.4 Å². The summed E-state index contributed by atoms with van der Waals surface area (Å²) in [5, 5.41) is 4.46. The lowest BCUT2D eigenvalue weighted by Gasteiger charge is -2.14. The van der Waals surface area contributed by atoms with E-state index in [1.54, 1.807) is 25.3 Å². The Kier molecular flexibility index (Phi) is 5.88. The van der Waals surface area contributed by atoms with Crippen molar-refractivity contribution in [3.63, 3.8) is 0 Å². The van der Waals surface area contributed by atoms with Gasteiger partial charge < -0.3 is 24.8 Å². The molecule has 0 saturated heterocycles. The van der Waals surface area contributed by atoms with E-state index in [-0.39, 0.29) is 12.3 Å². The number of aromatic nitrogens is 2. The molecule has 0 aliphatic rings. The summed E-state index contributed by atoms with van der Waals surface area (Å²) in [6.07, 6.45) is 0. The fourth-order valence-electron chi connectivity index (χ4n) is 3.11. The summed E-state index contributed by atoms with van der Waals surface area (Å²) >= 11 is 12.4. The van der Waals surface area contributed by atoms with E-state index in [4.69, 9.17) is 32.7 Å². The topological polar surface area (TPSA) is 79.1 Å². The zero-order chi connectivity index (χ0) is 21.1. The van der Waals surface area contributed by atoms with Crippen LogP contribution in [0.1, 0.15) is 11.1 Å². The average Bonchev–Trinajstić information content (AvgIpc) is 3.11. The minimum Gasteiger partial charge on any atom is -0.493 e. The fourth-order valence-corrected chi connectivity index (χ4v) is 3.61. The number of nitrogens with one attached hydrogen (secondary N) is 3. The number of anilines is 1. The van der Waals surface area contributed by atoms with Crippen molar-refractivity contribution < 1.29 is 9.47 Å². The number of H-pyrrole nitrogens is 2. The highest BCUT2D eigenvalue weighted by molar-refractivity contribution is 6.35. The van der Waals surface area contributed by atoms with Gasteiger partial charge in [-0.15, -0.1) is 0 Å². The summed E-state index contributed by atoms with van der Waals surface area (Å²) < 4.78 is 11.4. The first kappa shape index (κ1) is 20.2. The molecule has 0 amide bonds. The first-order valence-corrected chi connectivity index (χ1v) is 9.97. The molecular weight excluding hydrogens is 425 g/mol. The van der Waals surface area contributed by atoms with Crippen molar-refractivity contribution in [2.45, 2.75) is 13.2 Å². The van der Waals surface area contributed by atoms with E-state index in [1.807, 2.05) is 36.4 Å². The summed E-state index contributed by atoms with van der Waals surface area (Å²) in [4.78, 5) is 16.9. The predicted molar refractivity (Wildman–Crippen MR) is 120 cm³/mol. The van der Waals surface area contributed by atoms with Gasteiger partial charge in [0.2, 0.25) is 0 Å². The molecule has 0 aliphatic heterocycles. The van der Waals surface area contributed by atoms with Gasteiger partial charge in [-0.05, 0) is 48.0 Å². The Balaban J connectivity index is 1.45. The Hall–Kier alpha value is -3.09. The summed E-state index contributed by atoms with van der Waals surface area (Å²) in [5.74, 6) is 1.21. The minimum atomic E-state index is -0.222. The number of rotatable bonds is 7. The van der Waals surface area contributed by atoms with Gasteiger partial charge in [-0.1, -0.05) is 35.3 Å². The van der Waals surface area contributed by atoms with Gasteiger partial charge in [-0.2, -0.15) is 0 Å². The van der Waals surface area contributed by atoms with Gasteiger partial charge in [0.1, 0.15) is 6.61 Å². The molecule has 3 aromatic carbocycles. The number of fused-ring (bicyclic) bond motifs is 1. The lowest BCUT2D eigenvalue weighted by Crippen LogP contribution is -2.02. The van der Waals surface area contributed by atoms with Gasteiger partial charge in [-0.3, -0.25) is 0 Å². The average molecular weight is 444 g/mol. The van der Waals surface area contributed by atoms with Gasteiger partial charge in [0.25, 0.3) is 0 Å². The largest absolute Gasteiger partial charge is 0.493 e. The number of ether oxygens (including phenoxy) is 2. The Morgan fingerprint density at radius 1 is 0.933 bits per heavy atom. The number of halogens is 2. The molecule has 30 heavy (non-hydrogen) atoms. The molecule has 1 aromatic heterocycles. The summed E-state index contributed by atoms with van der Waals surface area (Å²) in [6, 6.07) is 16.7. The second-order valence-electron chi connectivity index (χ2n) is 6.67. The van der Waals surface area contributed by atoms with Crippen molar-refractivity contribution >= 4 is 39.9 Å². The number of hydrogen-bond donors (Lipinski definition) is 3. The van der Waals surface area contributed by atoms with Crippen LogP contribution in [-0.4, -0.2) is 17.1 Å². The molecule has 0 bridgehead atoms. The van der Waals surface area contributed by atoms with Crippen molar-refractivity contribution in [3.05, 3.63) is 86.3 Å². The van der Waals surface area contributed by atoms with E-state index in [1.165, 1.54) is 0 Å². The Bertz CT molecular complexity index is 1230. The third-order valence-corrected chi connectivity index (χ3v) is 5.38. The summed E-state index contributed by atoms with van der Waals surface area (Å²) in [6.45, 7) is 0.814. The number of hydrogen-bond acceptors (Lipinski definition) is 4. The lowest BCUT2D eigenvalue weighted by atomic mass is 10.2. The van der Waals surface area contributed by atoms with Gasteiger partial charge >= 0.3 is 5.69 Å². The van der Waals surface area contributed by atoms with Crippen molar-refractivity contribution in [1.82, 2.24) is 9.97 Å². The Morgan fingerprint density at radius 3 is 2.47 bits per heavy atom. The van der Waals surface area contributed by atoms with Crippen LogP contribution in [0.3, 0.4) is 0 Å². The van der Waals surface area contributed by atoms with Crippen LogP contribution >= 0.6 is 23.2 Å². The number of aromatic amines is 2. The van der Waals surface area contributed by atoms with Gasteiger partial charge in [-0.25, -0.2) is 4.79 Å². The molecule has 0 atom stereocenters. The quantitative estimate of drug-likeness (QED) is 0.359. The molecule has 0 fully saturated rings. The first-order chi connectivity index (χ1) is 14.5. The van der Waals surface area contributed by atoms with Crippen molar-refractivity contribution in [3.8, 4) is 11.5 Å². The van der Waals surface area contributed by atoms with Gasteiger partial charge in [0.15, 0.2) is 11.5 Å². The number of imidazole rings is 1. The predicted octanol–water partition coefficient (Wildman–Crippen LogP) is 5.36. The maximum absolute atomic E-state index is 11.4. The van der Waals surface area contributed by atoms with Crippen LogP contribution < -0.4 is 20.5 Å². The lowest BCUT2D eigenvalue weighted by molar-refractivity contribution is 0.284. The maximum atomic E-state index is 11.4. The molecule has 0 radical (unpaired) electrons. The molecule has 0 unspecified atom stereocenters. The fraction of sp³-hybridized carbons (Fsp3) is 0.136. The van der Waals surface area contributed by atoms with E-state index in [2.05, 4.69) is 15.3 Å². The second-order valence-corrected chi connectivity index (χ2v) is 7.48. The van der Waals surface area contributed by atoms with Crippen LogP contribution in [0.4, 0.5) is 5.69 Å². The van der Waals surface area contributed by atoms with Crippen molar-refractivity contribution in [1.29, 1.82) is 0 Å². The molecule has 4 aromatic rings. The van der Waals surface area contributed by atoms with E-state index in [0.29, 0.717) is 28.1 Å². The van der Waals surface area contributed by atoms with Crippen LogP contribution in [-0.2, 0) is 13.2 Å². The van der Waals surface area contributed by atoms with E-state index in [9.17, 15) is 4.79 Å². The Morgan fingerprint density at radius 2 is 1.70 bits per heavy atom. The Labute approximate surface area is 182 Å².